The van der Waals surface area contributed by atoms with Crippen molar-refractivity contribution in [3.63, 3.8) is 0 Å². The summed E-state index contributed by atoms with van der Waals surface area (Å²) >= 11 is 12.6. The minimum absolute atomic E-state index is 0.0215. The first-order valence-electron chi connectivity index (χ1n) is 7.48. The Morgan fingerprint density at radius 1 is 1.28 bits per heavy atom. The fraction of sp³-hybridized carbons (Fsp3) is 0.167. The number of halogens is 2. The van der Waals surface area contributed by atoms with E-state index in [0.29, 0.717) is 39.3 Å². The van der Waals surface area contributed by atoms with Crippen LogP contribution >= 0.6 is 23.2 Å². The summed E-state index contributed by atoms with van der Waals surface area (Å²) < 4.78 is 10.9. The van der Waals surface area contributed by atoms with Gasteiger partial charge in [-0.15, -0.1) is 0 Å². The molecule has 128 valence electrons. The first-order chi connectivity index (χ1) is 12.0. The molecule has 0 radical (unpaired) electrons. The third kappa shape index (κ3) is 3.07. The van der Waals surface area contributed by atoms with Crippen molar-refractivity contribution in [3.8, 4) is 23.3 Å². The molecule has 0 aliphatic carbocycles. The molecule has 2 aromatic rings. The quantitative estimate of drug-likeness (QED) is 0.832. The molecule has 1 aliphatic rings. The van der Waals surface area contributed by atoms with E-state index in [4.69, 9.17) is 38.4 Å². The number of nitrogens with zero attached hydrogens (tertiary/aromatic N) is 1. The third-order valence-electron chi connectivity index (χ3n) is 3.85. The van der Waals surface area contributed by atoms with E-state index in [-0.39, 0.29) is 17.2 Å². The molecule has 3 N–H and O–H groups in total. The Bertz CT molecular complexity index is 896. The number of phenols is 1. The molecule has 0 saturated carbocycles. The Morgan fingerprint density at radius 2 is 1.96 bits per heavy atom. The van der Waals surface area contributed by atoms with Gasteiger partial charge in [-0.1, -0.05) is 29.3 Å². The third-order valence-corrected chi connectivity index (χ3v) is 4.41. The van der Waals surface area contributed by atoms with Gasteiger partial charge in [-0.2, -0.15) is 5.26 Å². The average molecular weight is 377 g/mol. The number of nitriles is 1. The number of rotatable bonds is 3. The molecule has 3 rings (SSSR count). The topological polar surface area (TPSA) is 88.5 Å². The molecule has 1 heterocycles. The number of ether oxygens (including phenoxy) is 2. The van der Waals surface area contributed by atoms with Crippen molar-refractivity contribution in [2.24, 2.45) is 5.73 Å². The van der Waals surface area contributed by atoms with Gasteiger partial charge in [0.2, 0.25) is 5.88 Å². The van der Waals surface area contributed by atoms with Crippen LogP contribution in [0.3, 0.4) is 0 Å². The fourth-order valence-electron chi connectivity index (χ4n) is 2.82. The average Bonchev–Trinajstić information content (AvgIpc) is 2.56. The smallest absolute Gasteiger partial charge is 0.205 e. The van der Waals surface area contributed by atoms with Crippen LogP contribution in [0.1, 0.15) is 24.0 Å². The fourth-order valence-corrected chi connectivity index (χ4v) is 3.43. The molecule has 25 heavy (non-hydrogen) atoms. The van der Waals surface area contributed by atoms with E-state index in [1.165, 1.54) is 12.1 Å². The summed E-state index contributed by atoms with van der Waals surface area (Å²) in [6, 6.07) is 10.1. The van der Waals surface area contributed by atoms with Gasteiger partial charge in [0, 0.05) is 11.6 Å². The highest BCUT2D eigenvalue weighted by Crippen LogP contribution is 2.46. The normalized spacial score (nSPS) is 16.0. The van der Waals surface area contributed by atoms with Crippen LogP contribution in [0.5, 0.6) is 17.2 Å². The van der Waals surface area contributed by atoms with Crippen LogP contribution in [0, 0.1) is 11.3 Å². The lowest BCUT2D eigenvalue weighted by atomic mass is 9.83. The van der Waals surface area contributed by atoms with Gasteiger partial charge in [-0.3, -0.25) is 0 Å². The zero-order valence-electron chi connectivity index (χ0n) is 13.2. The van der Waals surface area contributed by atoms with E-state index in [1.807, 2.05) is 6.92 Å². The lowest BCUT2D eigenvalue weighted by Crippen LogP contribution is -2.21. The number of fused-ring (bicyclic) bond motifs is 1. The van der Waals surface area contributed by atoms with E-state index in [2.05, 4.69) is 6.07 Å². The first kappa shape index (κ1) is 17.3. The Balaban J connectivity index is 2.20. The summed E-state index contributed by atoms with van der Waals surface area (Å²) in [7, 11) is 0. The molecule has 0 unspecified atom stereocenters. The van der Waals surface area contributed by atoms with Crippen LogP contribution in [0.15, 0.2) is 41.8 Å². The summed E-state index contributed by atoms with van der Waals surface area (Å²) in [5, 5.41) is 19.9. The molecule has 7 heteroatoms. The Labute approximate surface area is 154 Å². The predicted molar refractivity (Wildman–Crippen MR) is 95.0 cm³/mol. The lowest BCUT2D eigenvalue weighted by Gasteiger charge is -2.27. The highest BCUT2D eigenvalue weighted by atomic mass is 35.5. The number of hydrogen-bond acceptors (Lipinski definition) is 5. The van der Waals surface area contributed by atoms with Crippen LogP contribution in [-0.4, -0.2) is 11.7 Å². The van der Waals surface area contributed by atoms with Crippen molar-refractivity contribution < 1.29 is 14.6 Å². The molecule has 0 amide bonds. The Kier molecular flexibility index (Phi) is 4.67. The first-order valence-corrected chi connectivity index (χ1v) is 8.24. The molecule has 0 spiro atoms. The summed E-state index contributed by atoms with van der Waals surface area (Å²) in [6.45, 7) is 2.26. The molecular weight excluding hydrogens is 363 g/mol. The van der Waals surface area contributed by atoms with Crippen molar-refractivity contribution in [1.29, 1.82) is 5.26 Å². The minimum atomic E-state index is -0.514. The van der Waals surface area contributed by atoms with Crippen LogP contribution in [0.2, 0.25) is 10.0 Å². The van der Waals surface area contributed by atoms with Crippen LogP contribution < -0.4 is 15.2 Å². The minimum Gasteiger partial charge on any atom is -0.508 e. The Morgan fingerprint density at radius 3 is 2.56 bits per heavy atom. The molecule has 0 aromatic heterocycles. The summed E-state index contributed by atoms with van der Waals surface area (Å²) in [6.07, 6.45) is 0. The maximum atomic E-state index is 9.68. The molecular formula is C18H14Cl2N2O3. The maximum absolute atomic E-state index is 9.68. The standard InChI is InChI=1S/C18H14Cl2N2O3/c1-2-24-17-13(19)5-9(6-14(17)20)16-11-4-3-10(23)7-15(11)25-18(22)12(16)8-21/h3-7,16,23H,2,22H2,1H3/t16-/m0/s1. The molecule has 0 bridgehead atoms. The van der Waals surface area contributed by atoms with Gasteiger partial charge >= 0.3 is 0 Å². The van der Waals surface area contributed by atoms with Gasteiger partial charge < -0.3 is 20.3 Å². The van der Waals surface area contributed by atoms with Crippen LogP contribution in [0.25, 0.3) is 0 Å². The van der Waals surface area contributed by atoms with E-state index in [0.717, 1.165) is 0 Å². The zero-order chi connectivity index (χ0) is 18.1. The van der Waals surface area contributed by atoms with Crippen molar-refractivity contribution in [2.75, 3.05) is 6.61 Å². The molecule has 2 aromatic carbocycles. The number of nitrogens with two attached hydrogens (primary N) is 1. The second-order valence-corrected chi connectivity index (χ2v) is 6.21. The van der Waals surface area contributed by atoms with Gasteiger partial charge in [0.1, 0.15) is 23.1 Å². The van der Waals surface area contributed by atoms with Crippen molar-refractivity contribution in [3.05, 3.63) is 63.0 Å². The van der Waals surface area contributed by atoms with Crippen molar-refractivity contribution in [2.45, 2.75) is 12.8 Å². The van der Waals surface area contributed by atoms with E-state index in [9.17, 15) is 10.4 Å². The largest absolute Gasteiger partial charge is 0.508 e. The number of aromatic hydroxyl groups is 1. The molecule has 0 saturated heterocycles. The lowest BCUT2D eigenvalue weighted by molar-refractivity contribution is 0.340. The second kappa shape index (κ2) is 6.75. The summed E-state index contributed by atoms with van der Waals surface area (Å²) in [5.41, 5.74) is 7.50. The molecule has 0 fully saturated rings. The molecule has 1 aliphatic heterocycles. The van der Waals surface area contributed by atoms with Gasteiger partial charge in [0.05, 0.1) is 22.6 Å². The van der Waals surface area contributed by atoms with E-state index < -0.39 is 5.92 Å². The van der Waals surface area contributed by atoms with E-state index >= 15 is 0 Å². The van der Waals surface area contributed by atoms with Gasteiger partial charge in [-0.25, -0.2) is 0 Å². The number of allylic oxidation sites excluding steroid dienone is 1. The number of benzene rings is 2. The van der Waals surface area contributed by atoms with E-state index in [1.54, 1.807) is 18.2 Å². The zero-order valence-corrected chi connectivity index (χ0v) is 14.7. The van der Waals surface area contributed by atoms with Gasteiger partial charge in [-0.05, 0) is 30.7 Å². The summed E-state index contributed by atoms with van der Waals surface area (Å²) in [4.78, 5) is 0. The van der Waals surface area contributed by atoms with Gasteiger partial charge in [0.25, 0.3) is 0 Å². The van der Waals surface area contributed by atoms with Crippen molar-refractivity contribution >= 4 is 23.2 Å². The predicted octanol–water partition coefficient (Wildman–Crippen LogP) is 4.32. The van der Waals surface area contributed by atoms with Crippen LogP contribution in [-0.2, 0) is 0 Å². The Hall–Kier alpha value is -2.55. The molecule has 1 atom stereocenters. The number of hydrogen-bond donors (Lipinski definition) is 2. The number of phenolic OH excluding ortho intramolecular Hbond substituents is 1. The highest BCUT2D eigenvalue weighted by molar-refractivity contribution is 6.37. The SMILES string of the molecule is CCOc1c(Cl)cc([C@@H]2C(C#N)=C(N)Oc3cc(O)ccc32)cc1Cl. The van der Waals surface area contributed by atoms with Crippen molar-refractivity contribution in [1.82, 2.24) is 0 Å². The monoisotopic (exact) mass is 376 g/mol. The second-order valence-electron chi connectivity index (χ2n) is 5.39. The molecule has 5 nitrogen and oxygen atoms in total. The summed E-state index contributed by atoms with van der Waals surface area (Å²) in [5.74, 6) is 0.269. The maximum Gasteiger partial charge on any atom is 0.205 e. The highest BCUT2D eigenvalue weighted by Gasteiger charge is 2.31. The van der Waals surface area contributed by atoms with Crippen LogP contribution in [0.4, 0.5) is 0 Å². The van der Waals surface area contributed by atoms with Gasteiger partial charge in [0.15, 0.2) is 5.75 Å².